The number of hydrogen-bond acceptors (Lipinski definition) is 9. The fourth-order valence-corrected chi connectivity index (χ4v) is 36.1. The Morgan fingerprint density at radius 1 is 0.246 bits per heavy atom. The Hall–Kier alpha value is -12.2. The molecule has 9 nitrogen and oxygen atoms in total. The van der Waals surface area contributed by atoms with Crippen LogP contribution in [0.5, 0.6) is 0 Å². The van der Waals surface area contributed by atoms with Gasteiger partial charge in [0.05, 0.1) is 19.6 Å². The molecule has 17 heteroatoms. The first-order chi connectivity index (χ1) is 63.1. The van der Waals surface area contributed by atoms with Crippen LogP contribution in [-0.4, -0.2) is 70.9 Å². The molecule has 0 amide bonds. The van der Waals surface area contributed by atoms with E-state index < -0.39 is 24.2 Å². The minimum Gasteiger partial charge on any atom is -0.512 e. The second-order valence-corrected chi connectivity index (χ2v) is 45.7. The number of nitrogens with zero attached hydrogens (tertiary/aromatic N) is 5. The van der Waals surface area contributed by atoms with Gasteiger partial charge in [0.25, 0.3) is 0 Å². The quantitative estimate of drug-likeness (QED) is 0.0749. The smallest absolute Gasteiger partial charge is 0.155 e. The Bertz CT molecular complexity index is 6130. The van der Waals surface area contributed by atoms with Crippen LogP contribution in [0.4, 0.5) is 0 Å². The number of aliphatic hydroxyl groups excluding tert-OH is 2. The fraction of sp³-hybridized carbons (Fsp3) is 0.0684. The molecule has 9 aliphatic rings. The minimum absolute atomic E-state index is 0. The molecule has 0 saturated heterocycles. The van der Waals surface area contributed by atoms with E-state index in [1.807, 2.05) is 67.4 Å². The van der Waals surface area contributed by atoms with Crippen molar-refractivity contribution in [1.29, 1.82) is 0 Å². The van der Waals surface area contributed by atoms with Crippen LogP contribution in [0, 0.1) is 30.3 Å². The third-order valence-corrected chi connectivity index (χ3v) is 40.1. The molecule has 663 valence electrons. The first-order valence-electron chi connectivity index (χ1n) is 43.5. The fourth-order valence-electron chi connectivity index (χ4n) is 22.2. The Morgan fingerprint density at radius 2 is 0.470 bits per heavy atom. The summed E-state index contributed by atoms with van der Waals surface area (Å²) in [6.45, 7) is 10.5. The van der Waals surface area contributed by atoms with E-state index in [1.165, 1.54) is 197 Å². The number of carbonyl (C=O) groups is 2. The summed E-state index contributed by atoms with van der Waals surface area (Å²) >= 11 is 0. The maximum atomic E-state index is 10.0. The molecular weight excluding hydrogens is 2140 g/mol. The first kappa shape index (κ1) is 95.0. The Kier molecular flexibility index (Phi) is 27.4. The van der Waals surface area contributed by atoms with Crippen LogP contribution >= 0.6 is 0 Å². The number of carbonyl (C=O) groups excluding carboxylic acids is 2. The second kappa shape index (κ2) is 38.6. The van der Waals surface area contributed by atoms with Crippen molar-refractivity contribution < 1.29 is 117 Å². The molecule has 13 aromatic carbocycles. The van der Waals surface area contributed by atoms with E-state index in [2.05, 4.69) is 358 Å². The normalized spacial score (nSPS) is 14.0. The zero-order chi connectivity index (χ0) is 87.9. The van der Waals surface area contributed by atoms with Gasteiger partial charge in [-0.3, -0.25) is 9.59 Å². The molecule has 2 N–H and O–H groups in total. The molecule has 0 unspecified atom stereocenters. The molecule has 5 aliphatic heterocycles. The summed E-state index contributed by atoms with van der Waals surface area (Å²) < 4.78 is 0. The van der Waals surface area contributed by atoms with Gasteiger partial charge in [0.15, 0.2) is 11.6 Å². The third kappa shape index (κ3) is 14.8. The van der Waals surface area contributed by atoms with Crippen LogP contribution in [0.1, 0.15) is 72.2 Å². The molecule has 5 radical (unpaired) electrons. The second-order valence-electron chi connectivity index (χ2n) is 34.1. The Balaban J connectivity index is 0.000000117. The van der Waals surface area contributed by atoms with Gasteiger partial charge in [-0.15, -0.1) is 176 Å². The number of aromatic nitrogens is 5. The largest absolute Gasteiger partial charge is 0.512 e. The van der Waals surface area contributed by atoms with E-state index in [9.17, 15) is 9.59 Å². The van der Waals surface area contributed by atoms with Crippen molar-refractivity contribution in [3.05, 3.63) is 475 Å². The molecule has 18 aromatic rings. The first-order valence-corrected chi connectivity index (χ1v) is 50.5. The van der Waals surface area contributed by atoms with Crippen LogP contribution < -0.4 is 51.9 Å². The topological polar surface area (TPSA) is 139 Å². The van der Waals surface area contributed by atoms with Crippen molar-refractivity contribution in [2.75, 3.05) is 0 Å². The predicted molar refractivity (Wildman–Crippen MR) is 527 cm³/mol. The number of ketones is 2. The number of rotatable bonds is 2. The van der Waals surface area contributed by atoms with Gasteiger partial charge in [0, 0.05) is 151 Å². The third-order valence-electron chi connectivity index (χ3n) is 26.7. The van der Waals surface area contributed by atoms with Gasteiger partial charge in [-0.2, -0.15) is 0 Å². The monoisotopic (exact) mass is 2220 g/mol. The van der Waals surface area contributed by atoms with Crippen molar-refractivity contribution in [2.45, 2.75) is 51.6 Å². The van der Waals surface area contributed by atoms with Crippen molar-refractivity contribution in [3.8, 4) is 101 Å². The molecule has 0 fully saturated rings. The molecule has 0 bridgehead atoms. The molecule has 5 aromatic heterocycles. The zero-order valence-electron chi connectivity index (χ0n) is 73.6. The maximum absolute atomic E-state index is 10.0. The van der Waals surface area contributed by atoms with Crippen molar-refractivity contribution in [2.24, 2.45) is 0 Å². The minimum atomic E-state index is -2.25. The zero-order valence-corrected chi connectivity index (χ0v) is 84.8. The van der Waals surface area contributed by atoms with Crippen molar-refractivity contribution in [3.63, 3.8) is 0 Å². The molecule has 134 heavy (non-hydrogen) atoms. The van der Waals surface area contributed by atoms with E-state index in [0.29, 0.717) is 0 Å². The van der Waals surface area contributed by atoms with E-state index in [-0.39, 0.29) is 131 Å². The molecular formula is C117H84N5O4Rh5Si3-5. The average molecular weight is 2220 g/mol. The summed E-state index contributed by atoms with van der Waals surface area (Å²) in [5.41, 5.74) is 32.2. The van der Waals surface area contributed by atoms with Crippen LogP contribution in [0.3, 0.4) is 0 Å². The van der Waals surface area contributed by atoms with Gasteiger partial charge in [-0.25, -0.2) is 0 Å². The standard InChI is InChI=1S/2C24H14N.2C23H14NSi.C13H12NSi.2C5H8O2.5Rh/c2*1-4-11-19-16(8-1)17-9-2-5-12-20(17)24(19)21-13-6-3-10-18(21)23-22(24)14-7-15-25-23;2*1-4-11-19-16(8-1)17-9-2-5-12-20(17)25(19)21-13-6-3-10-18(21)23-22(25)14-7-15-24-23;1-15(2)11-7-4-3-6-10(11)13-12(15)8-5-9-14-13;2*1-4(6)3-5(2)7;;;;;/h4*1-9,11-15H;3-5,7-9H,1-2H3;2*3,6H,1-2H3;;;;;/q5*-1;;;;;;;. The van der Waals surface area contributed by atoms with Crippen LogP contribution in [0.15, 0.2) is 400 Å². The SMILES string of the molecule is CC(=O)C=C(C)O.CC(=O)C=C(C)O.C[Si]1(C)c2ccc[c-]c2-c2ncccc21.[Rh].[Rh].[Rh].[Rh].[Rh].[c-]1cccc2c1-c1ncccc1C21c2ccccc2-c2ccccc21.[c-]1cccc2c1-c1ncccc1C21c2ccccc2-c2ccccc21.[c-]1cccc2c1-c1ncccc1[Si]21c2ccccc2-c2ccccc21.[c-]1cccc2c1-c1ncccc1[Si]21c2ccccc2-c2ccccc21. The van der Waals surface area contributed by atoms with Gasteiger partial charge >= 0.3 is 0 Å². The summed E-state index contributed by atoms with van der Waals surface area (Å²) in [4.78, 5) is 43.5. The van der Waals surface area contributed by atoms with E-state index in [1.54, 1.807) is 0 Å². The van der Waals surface area contributed by atoms with Crippen LogP contribution in [0.2, 0.25) is 13.1 Å². The van der Waals surface area contributed by atoms with Gasteiger partial charge in [-0.05, 0) is 174 Å². The Morgan fingerprint density at radius 3 is 0.784 bits per heavy atom. The Labute approximate surface area is 849 Å². The molecule has 4 spiro atoms. The van der Waals surface area contributed by atoms with Gasteiger partial charge in [0.2, 0.25) is 0 Å². The summed E-state index contributed by atoms with van der Waals surface area (Å²) in [5, 5.41) is 31.3. The number of fused-ring (bicyclic) bond motifs is 43. The maximum Gasteiger partial charge on any atom is 0.155 e. The number of pyridine rings is 5. The van der Waals surface area contributed by atoms with E-state index in [0.717, 1.165) is 39.6 Å². The number of hydrogen-bond donors (Lipinski definition) is 2. The van der Waals surface area contributed by atoms with Crippen LogP contribution in [0.25, 0.3) is 101 Å². The molecule has 4 aliphatic carbocycles. The molecule has 0 saturated carbocycles. The average Bonchev–Trinajstić information content (AvgIpc) is 1.53. The van der Waals surface area contributed by atoms with E-state index in [4.69, 9.17) is 30.1 Å². The number of allylic oxidation sites excluding steroid dienone is 4. The molecule has 10 heterocycles. The van der Waals surface area contributed by atoms with Gasteiger partial charge in [0.1, 0.15) is 16.1 Å². The summed E-state index contributed by atoms with van der Waals surface area (Å²) in [5.74, 6) is -0.125. The summed E-state index contributed by atoms with van der Waals surface area (Å²) in [6, 6.07) is 142. The van der Waals surface area contributed by atoms with Gasteiger partial charge < -0.3 is 35.1 Å². The molecule has 27 rings (SSSR count). The summed E-state index contributed by atoms with van der Waals surface area (Å²) in [7, 11) is -5.97. The van der Waals surface area contributed by atoms with Crippen LogP contribution in [-0.2, 0) is 118 Å². The van der Waals surface area contributed by atoms with Gasteiger partial charge in [-0.1, -0.05) is 264 Å². The van der Waals surface area contributed by atoms with E-state index >= 15 is 0 Å². The number of aliphatic hydroxyl groups is 2. The molecule has 0 atom stereocenters. The predicted octanol–water partition coefficient (Wildman–Crippen LogP) is 18.6. The van der Waals surface area contributed by atoms with Crippen molar-refractivity contribution in [1.82, 2.24) is 24.9 Å². The van der Waals surface area contributed by atoms with Crippen molar-refractivity contribution >= 4 is 87.7 Å². The summed E-state index contributed by atoms with van der Waals surface area (Å²) in [6.07, 6.45) is 11.8. The number of benzene rings is 13.